The number of fused-ring (bicyclic) bond motifs is 1. The van der Waals surface area contributed by atoms with Crippen LogP contribution in [-0.2, 0) is 13.0 Å². The van der Waals surface area contributed by atoms with E-state index in [-0.39, 0.29) is 0 Å². The Balaban J connectivity index is 2.35. The van der Waals surface area contributed by atoms with E-state index in [4.69, 9.17) is 0 Å². The fraction of sp³-hybridized carbons (Fsp3) is 0.364. The monoisotopic (exact) mass is 177 g/mol. The van der Waals surface area contributed by atoms with Crippen molar-refractivity contribution in [3.8, 4) is 5.75 Å². The van der Waals surface area contributed by atoms with Crippen molar-refractivity contribution in [3.63, 3.8) is 0 Å². The fourth-order valence-corrected chi connectivity index (χ4v) is 1.91. The first-order valence-corrected chi connectivity index (χ1v) is 4.73. The molecule has 0 fully saturated rings. The van der Waals surface area contributed by atoms with Crippen molar-refractivity contribution < 1.29 is 10.0 Å². The SMILES string of the molecule is [CH2-][NH+]1CCCc2ccc(O)cc2C1. The molecule has 13 heavy (non-hydrogen) atoms. The van der Waals surface area contributed by atoms with Gasteiger partial charge >= 0.3 is 0 Å². The van der Waals surface area contributed by atoms with Gasteiger partial charge < -0.3 is 10.0 Å². The van der Waals surface area contributed by atoms with Crippen LogP contribution in [0.3, 0.4) is 0 Å². The van der Waals surface area contributed by atoms with Crippen LogP contribution in [0.1, 0.15) is 17.5 Å². The topological polar surface area (TPSA) is 24.7 Å². The number of phenols is 1. The summed E-state index contributed by atoms with van der Waals surface area (Å²) >= 11 is 0. The van der Waals surface area contributed by atoms with Gasteiger partial charge in [0.25, 0.3) is 0 Å². The highest BCUT2D eigenvalue weighted by Crippen LogP contribution is 2.18. The van der Waals surface area contributed by atoms with E-state index in [0.717, 1.165) is 19.5 Å². The lowest BCUT2D eigenvalue weighted by atomic mass is 10.0. The summed E-state index contributed by atoms with van der Waals surface area (Å²) in [4.78, 5) is 1.28. The van der Waals surface area contributed by atoms with Gasteiger partial charge in [-0.1, -0.05) is 6.07 Å². The van der Waals surface area contributed by atoms with Crippen molar-refractivity contribution >= 4 is 0 Å². The second kappa shape index (κ2) is 3.38. The number of rotatable bonds is 0. The smallest absolute Gasteiger partial charge is 0.116 e. The molecule has 0 radical (unpaired) electrons. The molecule has 0 aromatic heterocycles. The van der Waals surface area contributed by atoms with Gasteiger partial charge in [0.1, 0.15) is 5.75 Å². The van der Waals surface area contributed by atoms with Gasteiger partial charge in [0, 0.05) is 5.56 Å². The summed E-state index contributed by atoms with van der Waals surface area (Å²) < 4.78 is 0. The first kappa shape index (κ1) is 8.57. The average molecular weight is 177 g/mol. The molecular weight excluding hydrogens is 162 g/mol. The summed E-state index contributed by atoms with van der Waals surface area (Å²) in [6.07, 6.45) is 2.31. The van der Waals surface area contributed by atoms with Crippen molar-refractivity contribution in [1.29, 1.82) is 0 Å². The lowest BCUT2D eigenvalue weighted by Crippen LogP contribution is -3.05. The molecule has 1 aromatic rings. The molecule has 1 unspecified atom stereocenters. The number of nitrogens with one attached hydrogen (secondary N) is 1. The van der Waals surface area contributed by atoms with Crippen molar-refractivity contribution in [2.45, 2.75) is 19.4 Å². The Kier molecular flexibility index (Phi) is 2.23. The fourth-order valence-electron chi connectivity index (χ4n) is 1.91. The van der Waals surface area contributed by atoms with Crippen molar-refractivity contribution in [2.75, 3.05) is 6.54 Å². The van der Waals surface area contributed by atoms with Gasteiger partial charge in [0.2, 0.25) is 0 Å². The molecule has 1 aliphatic heterocycles. The molecule has 2 nitrogen and oxygen atoms in total. The van der Waals surface area contributed by atoms with E-state index in [0.29, 0.717) is 5.75 Å². The number of aromatic hydroxyl groups is 1. The van der Waals surface area contributed by atoms with E-state index in [9.17, 15) is 5.11 Å². The predicted octanol–water partition coefficient (Wildman–Crippen LogP) is 0.515. The van der Waals surface area contributed by atoms with Crippen LogP contribution in [0.4, 0.5) is 0 Å². The van der Waals surface area contributed by atoms with Crippen LogP contribution in [0.25, 0.3) is 0 Å². The Bertz CT molecular complexity index is 309. The largest absolute Gasteiger partial charge is 0.508 e. The quantitative estimate of drug-likeness (QED) is 0.555. The first-order chi connectivity index (χ1) is 6.25. The van der Waals surface area contributed by atoms with Gasteiger partial charge in [-0.3, -0.25) is 0 Å². The Morgan fingerprint density at radius 3 is 3.00 bits per heavy atom. The molecule has 0 spiro atoms. The molecule has 1 aromatic carbocycles. The maximum atomic E-state index is 9.34. The van der Waals surface area contributed by atoms with Crippen molar-refractivity contribution in [2.24, 2.45) is 0 Å². The van der Waals surface area contributed by atoms with E-state index in [1.807, 2.05) is 12.1 Å². The Labute approximate surface area is 78.8 Å². The molecule has 0 amide bonds. The molecule has 1 atom stereocenters. The third-order valence-electron chi connectivity index (χ3n) is 2.61. The van der Waals surface area contributed by atoms with Crippen LogP contribution < -0.4 is 4.90 Å². The average Bonchev–Trinajstić information content (AvgIpc) is 2.25. The second-order valence-corrected chi connectivity index (χ2v) is 3.73. The van der Waals surface area contributed by atoms with Crippen LogP contribution in [0.15, 0.2) is 18.2 Å². The second-order valence-electron chi connectivity index (χ2n) is 3.73. The van der Waals surface area contributed by atoms with Crippen LogP contribution in [0, 0.1) is 7.05 Å². The summed E-state index contributed by atoms with van der Waals surface area (Å²) in [5, 5.41) is 9.34. The highest BCUT2D eigenvalue weighted by Gasteiger charge is 2.11. The normalized spacial score (nSPS) is 22.1. The molecule has 2 rings (SSSR count). The minimum Gasteiger partial charge on any atom is -0.508 e. The Morgan fingerprint density at radius 2 is 2.15 bits per heavy atom. The number of benzene rings is 1. The van der Waals surface area contributed by atoms with Gasteiger partial charge in [-0.05, 0) is 30.5 Å². The molecule has 2 N–H and O–H groups in total. The third-order valence-corrected chi connectivity index (χ3v) is 2.61. The van der Waals surface area contributed by atoms with E-state index < -0.39 is 0 Å². The van der Waals surface area contributed by atoms with Gasteiger partial charge in [0.05, 0.1) is 13.1 Å². The summed E-state index contributed by atoms with van der Waals surface area (Å²) in [6.45, 7) is 2.05. The van der Waals surface area contributed by atoms with Gasteiger partial charge in [-0.25, -0.2) is 0 Å². The van der Waals surface area contributed by atoms with Crippen LogP contribution in [0.2, 0.25) is 0 Å². The van der Waals surface area contributed by atoms with Crippen LogP contribution >= 0.6 is 0 Å². The number of quaternary nitrogens is 1. The zero-order chi connectivity index (χ0) is 9.26. The molecular formula is C11H15NO. The number of hydrogen-bond acceptors (Lipinski definition) is 1. The minimum atomic E-state index is 0.369. The highest BCUT2D eigenvalue weighted by molar-refractivity contribution is 5.34. The first-order valence-electron chi connectivity index (χ1n) is 4.73. The molecule has 70 valence electrons. The van der Waals surface area contributed by atoms with Gasteiger partial charge in [0.15, 0.2) is 0 Å². The number of phenolic OH excluding ortho intramolecular Hbond substituents is 1. The van der Waals surface area contributed by atoms with Gasteiger partial charge in [-0.15, -0.1) is 0 Å². The highest BCUT2D eigenvalue weighted by atomic mass is 16.3. The van der Waals surface area contributed by atoms with Crippen LogP contribution in [0.5, 0.6) is 5.75 Å². The molecule has 0 saturated carbocycles. The molecule has 0 saturated heterocycles. The predicted molar refractivity (Wildman–Crippen MR) is 51.3 cm³/mol. The molecule has 1 heterocycles. The number of aryl methyl sites for hydroxylation is 1. The zero-order valence-corrected chi connectivity index (χ0v) is 7.71. The zero-order valence-electron chi connectivity index (χ0n) is 7.71. The van der Waals surface area contributed by atoms with E-state index in [2.05, 4.69) is 7.05 Å². The summed E-state index contributed by atoms with van der Waals surface area (Å²) in [5.74, 6) is 0.369. The van der Waals surface area contributed by atoms with Crippen molar-refractivity contribution in [1.82, 2.24) is 0 Å². The Hall–Kier alpha value is -1.02. The van der Waals surface area contributed by atoms with Crippen LogP contribution in [-0.4, -0.2) is 11.7 Å². The molecule has 0 bridgehead atoms. The molecule has 1 aliphatic rings. The maximum Gasteiger partial charge on any atom is 0.116 e. The minimum absolute atomic E-state index is 0.369. The van der Waals surface area contributed by atoms with E-state index in [1.165, 1.54) is 22.4 Å². The molecule has 0 aliphatic carbocycles. The lowest BCUT2D eigenvalue weighted by molar-refractivity contribution is -0.867. The van der Waals surface area contributed by atoms with Gasteiger partial charge in [-0.2, -0.15) is 7.05 Å². The van der Waals surface area contributed by atoms with E-state index >= 15 is 0 Å². The molecule has 2 heteroatoms. The maximum absolute atomic E-state index is 9.34. The summed E-state index contributed by atoms with van der Waals surface area (Å²) in [6, 6.07) is 5.67. The number of hydrogen-bond donors (Lipinski definition) is 2. The lowest BCUT2D eigenvalue weighted by Gasteiger charge is -2.18. The summed E-state index contributed by atoms with van der Waals surface area (Å²) in [5.41, 5.74) is 2.62. The van der Waals surface area contributed by atoms with Crippen molar-refractivity contribution in [3.05, 3.63) is 36.4 Å². The summed E-state index contributed by atoms with van der Waals surface area (Å²) in [7, 11) is 4.02. The standard InChI is InChI=1S/C11H15NO/c1-12-6-2-3-9-4-5-11(13)7-10(9)8-12/h4-5,7,12-13H,1-3,6,8H2. The Morgan fingerprint density at radius 1 is 1.31 bits per heavy atom. The van der Waals surface area contributed by atoms with E-state index in [1.54, 1.807) is 6.07 Å². The third kappa shape index (κ3) is 1.83.